The summed E-state index contributed by atoms with van der Waals surface area (Å²) in [7, 11) is -0.908. The Morgan fingerprint density at radius 2 is 1.65 bits per heavy atom. The van der Waals surface area contributed by atoms with Crippen molar-refractivity contribution in [3.8, 4) is 5.75 Å². The second kappa shape index (κ2) is 26.9. The molecule has 4 aliphatic heterocycles. The largest absolute Gasteiger partial charge is 0.496 e. The number of aliphatic hydroxyl groups is 2. The summed E-state index contributed by atoms with van der Waals surface area (Å²) in [5.74, 6) is -12.0. The van der Waals surface area contributed by atoms with E-state index < -0.39 is 168 Å². The maximum atomic E-state index is 15.3. The molecule has 10 N–H and O–H groups in total. The summed E-state index contributed by atoms with van der Waals surface area (Å²) in [6.07, 6.45) is -3.09. The minimum atomic E-state index is -2.37. The van der Waals surface area contributed by atoms with Crippen LogP contribution in [0.15, 0.2) is 17.2 Å². The molecule has 4 aliphatic rings. The highest BCUT2D eigenvalue weighted by molar-refractivity contribution is 7.99. The molecule has 12 atom stereocenters. The highest BCUT2D eigenvalue weighted by Gasteiger charge is 2.45. The lowest BCUT2D eigenvalue weighted by atomic mass is 9.85. The van der Waals surface area contributed by atoms with Gasteiger partial charge in [0.2, 0.25) is 41.4 Å². The fourth-order valence-corrected chi connectivity index (χ4v) is 13.1. The first kappa shape index (κ1) is 62.1. The number of aromatic nitrogens is 1. The zero-order valence-corrected chi connectivity index (χ0v) is 47.7. The summed E-state index contributed by atoms with van der Waals surface area (Å²) >= 11 is 1.52. The Morgan fingerprint density at radius 3 is 2.30 bits per heavy atom. The van der Waals surface area contributed by atoms with Crippen LogP contribution < -0.4 is 37.1 Å². The van der Waals surface area contributed by atoms with Gasteiger partial charge in [-0.1, -0.05) is 34.1 Å². The van der Waals surface area contributed by atoms with Gasteiger partial charge in [-0.25, -0.2) is 4.79 Å². The van der Waals surface area contributed by atoms with Crippen LogP contribution in [0, 0.1) is 29.6 Å². The molecule has 8 amide bonds. The van der Waals surface area contributed by atoms with E-state index in [1.165, 1.54) is 25.8 Å². The van der Waals surface area contributed by atoms with Gasteiger partial charge in [-0.3, -0.25) is 47.4 Å². The molecule has 6 rings (SSSR count). The quantitative estimate of drug-likeness (QED) is 0.144. The molecule has 0 aliphatic carbocycles. The fourth-order valence-electron chi connectivity index (χ4n) is 10.5. The Kier molecular flexibility index (Phi) is 21.1. The molecule has 79 heavy (non-hydrogen) atoms. The first-order chi connectivity index (χ1) is 37.2. The average molecular weight is 1140 g/mol. The third kappa shape index (κ3) is 15.6. The number of hydrogen-bond donors (Lipinski definition) is 9. The number of benzene rings is 1. The topological polar surface area (TPSA) is 355 Å². The molecule has 0 saturated carbocycles. The predicted octanol–water partition coefficient (Wildman–Crippen LogP) is 0.0818. The molecule has 2 unspecified atom stereocenters. The van der Waals surface area contributed by atoms with Crippen LogP contribution in [0.5, 0.6) is 5.75 Å². The molecule has 436 valence electrons. The molecule has 2 fully saturated rings. The third-order valence-corrected chi connectivity index (χ3v) is 17.9. The molecule has 0 spiro atoms. The molecule has 5 heterocycles. The minimum Gasteiger partial charge on any atom is -0.496 e. The SMILES string of the molecule is CC[C@H](C)[C@@H]1CC(=O)CNC(=O)[C@H]2CC(=O)[C@H]([C@@H](C)[C@@H](O)CO)NC(=O)[C@@H]3C[C@@H](C)CN3C(=O)[C@H](CC(N)=O)NC(=O)[C@H](CS(=O)c3[nH]c4c(CSC5CCN(C(=O)OC(C)(C)C)C5)c(OC)ccc4c3C2)NC(=O)CNC1=O. The molecule has 2 bridgehead atoms. The van der Waals surface area contributed by atoms with Crippen molar-refractivity contribution in [3.63, 3.8) is 0 Å². The maximum Gasteiger partial charge on any atom is 0.410 e. The number of hydrogen-bond acceptors (Lipinski definition) is 16. The van der Waals surface area contributed by atoms with Crippen molar-refractivity contribution in [2.45, 2.75) is 145 Å². The molecule has 1 aromatic heterocycles. The first-order valence-corrected chi connectivity index (χ1v) is 29.2. The Hall–Kier alpha value is -6.12. The number of carbonyl (C=O) groups excluding carboxylic acids is 10. The first-order valence-electron chi connectivity index (χ1n) is 26.8. The van der Waals surface area contributed by atoms with Crippen molar-refractivity contribution in [1.29, 1.82) is 0 Å². The van der Waals surface area contributed by atoms with Crippen molar-refractivity contribution in [3.05, 3.63) is 23.3 Å². The molecule has 2 saturated heterocycles. The second-order valence-corrected chi connectivity index (χ2v) is 25.0. The van der Waals surface area contributed by atoms with Crippen LogP contribution in [0.2, 0.25) is 0 Å². The van der Waals surface area contributed by atoms with Crippen LogP contribution >= 0.6 is 11.8 Å². The van der Waals surface area contributed by atoms with Crippen molar-refractivity contribution in [2.24, 2.45) is 35.3 Å². The summed E-state index contributed by atoms with van der Waals surface area (Å²) in [5.41, 5.74) is 6.13. The smallest absolute Gasteiger partial charge is 0.410 e. The van der Waals surface area contributed by atoms with Gasteiger partial charge in [-0.05, 0) is 69.6 Å². The van der Waals surface area contributed by atoms with Crippen LogP contribution in [0.1, 0.15) is 98.1 Å². The number of nitrogens with zero attached hydrogens (tertiary/aromatic N) is 2. The number of nitrogens with one attached hydrogen (secondary N) is 6. The number of aliphatic hydroxyl groups excluding tert-OH is 2. The molecular formula is C53H77N9O15S2. The zero-order chi connectivity index (χ0) is 58.2. The summed E-state index contributed by atoms with van der Waals surface area (Å²) in [5, 5.41) is 34.4. The van der Waals surface area contributed by atoms with Crippen LogP contribution in [-0.4, -0.2) is 182 Å². The summed E-state index contributed by atoms with van der Waals surface area (Å²) in [6.45, 7) is 10.7. The van der Waals surface area contributed by atoms with E-state index in [1.54, 1.807) is 58.6 Å². The van der Waals surface area contributed by atoms with Gasteiger partial charge in [0.1, 0.15) is 34.5 Å². The van der Waals surface area contributed by atoms with E-state index in [9.17, 15) is 53.4 Å². The van der Waals surface area contributed by atoms with Crippen LogP contribution in [-0.2, 0) is 70.9 Å². The van der Waals surface area contributed by atoms with Crippen molar-refractivity contribution < 1.29 is 71.8 Å². The number of rotatable bonds is 11. The van der Waals surface area contributed by atoms with Gasteiger partial charge in [0, 0.05) is 72.2 Å². The number of thioether (sulfide) groups is 1. The number of fused-ring (bicyclic) bond motifs is 5. The van der Waals surface area contributed by atoms with Gasteiger partial charge in [-0.2, -0.15) is 11.8 Å². The number of amides is 8. The third-order valence-electron chi connectivity index (χ3n) is 15.1. The number of ketones is 2. The van der Waals surface area contributed by atoms with E-state index in [4.69, 9.17) is 15.2 Å². The lowest BCUT2D eigenvalue weighted by Crippen LogP contribution is -2.60. The molecule has 26 heteroatoms. The number of methoxy groups -OCH3 is 1. The molecule has 0 radical (unpaired) electrons. The van der Waals surface area contributed by atoms with Gasteiger partial charge in [0.05, 0.1) is 67.4 Å². The Labute approximate surface area is 465 Å². The number of likely N-dealkylation sites (tertiary alicyclic amines) is 1. The fraction of sp³-hybridized carbons (Fsp3) is 0.660. The average Bonchev–Trinajstić information content (AvgIpc) is 4.37. The van der Waals surface area contributed by atoms with Gasteiger partial charge >= 0.3 is 6.09 Å². The standard InChI is InChI=1S/C53H77N9O15S2/c1-9-27(3)33-17-30(64)19-55-46(69)29-15-34-32-10-11-41(76-8)35(24-78-31-12-13-61(22-31)52(74)77-53(5,6)7)45(32)60-50(34)79(75)25-37(57-43(68)20-56-47(33)70)48(71)58-36(18-42(54)67)51(73)62-21-26(2)14-38(62)49(72)59-44(39(65)16-29)28(4)40(66)23-63/h10-11,26-29,31,33,36-38,40,44,60,63,66H,9,12-25H2,1-8H3,(H2,54,67)(H,55,69)(H,56,70)(H,57,68)(H,58,71)(H,59,72)/t26-,27+,28+,29-,31?,33+,36+,37+,38+,40+,44+,79?/m1/s1. The maximum absolute atomic E-state index is 15.3. The van der Waals surface area contributed by atoms with Crippen molar-refractivity contribution in [2.75, 3.05) is 52.2 Å². The van der Waals surface area contributed by atoms with E-state index in [-0.39, 0.29) is 53.3 Å². The van der Waals surface area contributed by atoms with Crippen LogP contribution in [0.25, 0.3) is 10.9 Å². The molecule has 24 nitrogen and oxygen atoms in total. The number of nitrogens with two attached hydrogens (primary N) is 1. The van der Waals surface area contributed by atoms with Gasteiger partial charge in [-0.15, -0.1) is 0 Å². The normalized spacial score (nSPS) is 27.6. The Balaban J connectivity index is 1.55. The molecular weight excluding hydrogens is 1070 g/mol. The second-order valence-electron chi connectivity index (χ2n) is 22.3. The lowest BCUT2D eigenvalue weighted by Gasteiger charge is -2.32. The van der Waals surface area contributed by atoms with Gasteiger partial charge in [0.15, 0.2) is 11.6 Å². The van der Waals surface area contributed by atoms with Gasteiger partial charge < -0.3 is 66.8 Å². The predicted molar refractivity (Wildman–Crippen MR) is 290 cm³/mol. The number of Topliss-reactive ketones (excluding diaryl/α,β-unsaturated/α-hetero) is 2. The number of primary amides is 1. The van der Waals surface area contributed by atoms with E-state index in [0.29, 0.717) is 48.1 Å². The summed E-state index contributed by atoms with van der Waals surface area (Å²) in [6, 6.07) is -3.08. The van der Waals surface area contributed by atoms with E-state index in [1.807, 2.05) is 0 Å². The number of ether oxygens (including phenoxy) is 2. The number of carbonyl (C=O) groups is 10. The monoisotopic (exact) mass is 1140 g/mol. The van der Waals surface area contributed by atoms with Crippen LogP contribution in [0.4, 0.5) is 4.79 Å². The Bertz CT molecular complexity index is 2700. The highest BCUT2D eigenvalue weighted by Crippen LogP contribution is 2.39. The minimum absolute atomic E-state index is 0.0484. The molecule has 2 aromatic rings. The van der Waals surface area contributed by atoms with E-state index >= 15 is 9.00 Å². The number of aromatic amines is 1. The lowest BCUT2D eigenvalue weighted by molar-refractivity contribution is -0.143. The van der Waals surface area contributed by atoms with E-state index in [0.717, 1.165) is 4.90 Å². The summed E-state index contributed by atoms with van der Waals surface area (Å²) < 4.78 is 26.8. The highest BCUT2D eigenvalue weighted by atomic mass is 32.2. The van der Waals surface area contributed by atoms with Crippen molar-refractivity contribution in [1.82, 2.24) is 41.4 Å². The molecule has 1 aromatic carbocycles. The zero-order valence-electron chi connectivity index (χ0n) is 46.1. The van der Waals surface area contributed by atoms with Crippen molar-refractivity contribution >= 4 is 92.5 Å². The summed E-state index contributed by atoms with van der Waals surface area (Å²) in [4.78, 5) is 147. The van der Waals surface area contributed by atoms with Crippen LogP contribution in [0.3, 0.4) is 0 Å². The van der Waals surface area contributed by atoms with E-state index in [2.05, 4.69) is 31.6 Å². The number of H-pyrrole nitrogens is 1. The van der Waals surface area contributed by atoms with Gasteiger partial charge in [0.25, 0.3) is 0 Å². The Morgan fingerprint density at radius 1 is 0.937 bits per heavy atom.